The van der Waals surface area contributed by atoms with Gasteiger partial charge in [0.2, 0.25) is 0 Å². The molecule has 0 heterocycles. The molecule has 0 aliphatic heterocycles. The van der Waals surface area contributed by atoms with Gasteiger partial charge in [-0.05, 0) is 18.9 Å². The minimum Gasteiger partial charge on any atom is -0.330 e. The van der Waals surface area contributed by atoms with Crippen molar-refractivity contribution in [3.8, 4) is 0 Å². The van der Waals surface area contributed by atoms with Crippen LogP contribution < -0.4 is 5.73 Å². The number of thioether (sulfide) groups is 1. The zero-order chi connectivity index (χ0) is 9.23. The maximum atomic E-state index is 5.40. The molecule has 12 heavy (non-hydrogen) atoms. The highest BCUT2D eigenvalue weighted by atomic mass is 32.2. The van der Waals surface area contributed by atoms with E-state index < -0.39 is 0 Å². The first kappa shape index (κ1) is 11.8. The van der Waals surface area contributed by atoms with Crippen LogP contribution in [0.4, 0.5) is 0 Å². The van der Waals surface area contributed by atoms with Crippen LogP contribution >= 0.6 is 11.8 Å². The van der Waals surface area contributed by atoms with Gasteiger partial charge in [0.15, 0.2) is 0 Å². The van der Waals surface area contributed by atoms with Crippen molar-refractivity contribution >= 4 is 11.8 Å². The smallest absolute Gasteiger partial charge is 0.0181 e. The topological polar surface area (TPSA) is 26.0 Å². The summed E-state index contributed by atoms with van der Waals surface area (Å²) in [6.07, 6.45) is 7.64. The van der Waals surface area contributed by atoms with Crippen molar-refractivity contribution in [2.75, 3.05) is 18.1 Å². The third kappa shape index (κ3) is 6.50. The van der Waals surface area contributed by atoms with Gasteiger partial charge >= 0.3 is 0 Å². The first-order valence-corrected chi connectivity index (χ1v) is 5.60. The largest absolute Gasteiger partial charge is 0.330 e. The second kappa shape index (κ2) is 8.88. The van der Waals surface area contributed by atoms with Gasteiger partial charge < -0.3 is 5.73 Å². The van der Waals surface area contributed by atoms with Crippen LogP contribution in [0.25, 0.3) is 0 Å². The Labute approximate surface area is 80.1 Å². The molecule has 0 aliphatic carbocycles. The van der Waals surface area contributed by atoms with Crippen LogP contribution in [0.15, 0.2) is 23.8 Å². The zero-order valence-electron chi connectivity index (χ0n) is 8.05. The van der Waals surface area contributed by atoms with E-state index >= 15 is 0 Å². The van der Waals surface area contributed by atoms with Gasteiger partial charge in [0.25, 0.3) is 0 Å². The molecule has 70 valence electrons. The quantitative estimate of drug-likeness (QED) is 0.508. The van der Waals surface area contributed by atoms with Crippen molar-refractivity contribution < 1.29 is 0 Å². The maximum absolute atomic E-state index is 5.40. The molecule has 0 radical (unpaired) electrons. The Balaban J connectivity index is 3.72. The number of hydrogen-bond acceptors (Lipinski definition) is 2. The van der Waals surface area contributed by atoms with Crippen LogP contribution in [-0.2, 0) is 0 Å². The minimum atomic E-state index is 0.778. The summed E-state index contributed by atoms with van der Waals surface area (Å²) in [4.78, 5) is 0. The van der Waals surface area contributed by atoms with Crippen LogP contribution in [0.2, 0.25) is 0 Å². The van der Waals surface area contributed by atoms with Crippen LogP contribution in [0, 0.1) is 0 Å². The SMILES string of the molecule is C/C=C\C(=C/CC)CSCCN. The van der Waals surface area contributed by atoms with E-state index in [0.29, 0.717) is 0 Å². The van der Waals surface area contributed by atoms with Gasteiger partial charge in [-0.2, -0.15) is 11.8 Å². The van der Waals surface area contributed by atoms with Gasteiger partial charge in [-0.25, -0.2) is 0 Å². The Kier molecular flexibility index (Phi) is 8.73. The Bertz CT molecular complexity index is 150. The molecule has 0 rings (SSSR count). The lowest BCUT2D eigenvalue weighted by Gasteiger charge is -2.00. The molecule has 0 aromatic rings. The van der Waals surface area contributed by atoms with E-state index in [-0.39, 0.29) is 0 Å². The van der Waals surface area contributed by atoms with Crippen molar-refractivity contribution in [3.05, 3.63) is 23.8 Å². The molecule has 0 saturated heterocycles. The van der Waals surface area contributed by atoms with Crippen LogP contribution in [0.1, 0.15) is 20.3 Å². The zero-order valence-corrected chi connectivity index (χ0v) is 8.86. The van der Waals surface area contributed by atoms with E-state index in [0.717, 1.165) is 24.5 Å². The number of rotatable bonds is 6. The molecular weight excluding hydrogens is 166 g/mol. The fourth-order valence-electron chi connectivity index (χ4n) is 0.925. The number of hydrogen-bond donors (Lipinski definition) is 1. The molecule has 0 fully saturated rings. The molecule has 0 aliphatic rings. The predicted molar refractivity (Wildman–Crippen MR) is 59.6 cm³/mol. The summed E-state index contributed by atoms with van der Waals surface area (Å²) in [5.41, 5.74) is 6.82. The molecule has 0 bridgehead atoms. The van der Waals surface area contributed by atoms with E-state index in [2.05, 4.69) is 32.1 Å². The Morgan fingerprint density at radius 3 is 2.75 bits per heavy atom. The molecule has 2 heteroatoms. The summed E-state index contributed by atoms with van der Waals surface area (Å²) in [5.74, 6) is 2.15. The normalized spacial score (nSPS) is 12.8. The standard InChI is InChI=1S/C10H19NS/c1-3-5-10(6-4-2)9-12-8-7-11/h3,5-6H,4,7-9,11H2,1-2H3/b5-3-,10-6+. The van der Waals surface area contributed by atoms with Gasteiger partial charge in [0, 0.05) is 18.1 Å². The summed E-state index contributed by atoms with van der Waals surface area (Å²) in [7, 11) is 0. The molecule has 0 aromatic carbocycles. The van der Waals surface area contributed by atoms with Gasteiger partial charge in [-0.15, -0.1) is 0 Å². The van der Waals surface area contributed by atoms with Crippen LogP contribution in [0.5, 0.6) is 0 Å². The van der Waals surface area contributed by atoms with E-state index in [1.165, 1.54) is 5.57 Å². The third-order valence-corrected chi connectivity index (χ3v) is 2.44. The van der Waals surface area contributed by atoms with Crippen molar-refractivity contribution in [2.45, 2.75) is 20.3 Å². The lowest BCUT2D eigenvalue weighted by atomic mass is 10.2. The van der Waals surface area contributed by atoms with E-state index in [9.17, 15) is 0 Å². The van der Waals surface area contributed by atoms with Crippen molar-refractivity contribution in [1.82, 2.24) is 0 Å². The lowest BCUT2D eigenvalue weighted by Crippen LogP contribution is -2.02. The molecule has 0 saturated carbocycles. The van der Waals surface area contributed by atoms with Gasteiger partial charge in [-0.3, -0.25) is 0 Å². The number of nitrogens with two attached hydrogens (primary N) is 1. The first-order chi connectivity index (χ1) is 5.85. The van der Waals surface area contributed by atoms with Gasteiger partial charge in [0.1, 0.15) is 0 Å². The molecule has 0 aromatic heterocycles. The summed E-state index contributed by atoms with van der Waals surface area (Å²) in [6.45, 7) is 4.99. The summed E-state index contributed by atoms with van der Waals surface area (Å²) >= 11 is 1.90. The Morgan fingerprint density at radius 1 is 1.50 bits per heavy atom. The highest BCUT2D eigenvalue weighted by Crippen LogP contribution is 2.09. The van der Waals surface area contributed by atoms with Crippen molar-refractivity contribution in [3.63, 3.8) is 0 Å². The second-order valence-electron chi connectivity index (χ2n) is 2.53. The van der Waals surface area contributed by atoms with Gasteiger partial charge in [0.05, 0.1) is 0 Å². The predicted octanol–water partition coefficient (Wildman–Crippen LogP) is 2.59. The average Bonchev–Trinajstić information content (AvgIpc) is 2.06. The fraction of sp³-hybridized carbons (Fsp3) is 0.600. The third-order valence-electron chi connectivity index (χ3n) is 1.38. The monoisotopic (exact) mass is 185 g/mol. The Morgan fingerprint density at radius 2 is 2.25 bits per heavy atom. The van der Waals surface area contributed by atoms with Crippen LogP contribution in [0.3, 0.4) is 0 Å². The Hall–Kier alpha value is -0.210. The minimum absolute atomic E-state index is 0.778. The summed E-state index contributed by atoms with van der Waals surface area (Å²) < 4.78 is 0. The van der Waals surface area contributed by atoms with Crippen molar-refractivity contribution in [1.29, 1.82) is 0 Å². The number of allylic oxidation sites excluding steroid dienone is 3. The highest BCUT2D eigenvalue weighted by molar-refractivity contribution is 7.99. The van der Waals surface area contributed by atoms with Gasteiger partial charge in [-0.1, -0.05) is 25.2 Å². The van der Waals surface area contributed by atoms with Crippen molar-refractivity contribution in [2.24, 2.45) is 5.73 Å². The molecule has 0 amide bonds. The molecule has 0 atom stereocenters. The molecule has 1 nitrogen and oxygen atoms in total. The maximum Gasteiger partial charge on any atom is 0.0181 e. The van der Waals surface area contributed by atoms with Crippen LogP contribution in [-0.4, -0.2) is 18.1 Å². The highest BCUT2D eigenvalue weighted by Gasteiger charge is 1.91. The van der Waals surface area contributed by atoms with E-state index in [1.54, 1.807) is 0 Å². The molecule has 2 N–H and O–H groups in total. The lowest BCUT2D eigenvalue weighted by molar-refractivity contribution is 1.15. The first-order valence-electron chi connectivity index (χ1n) is 4.44. The fourth-order valence-corrected chi connectivity index (χ4v) is 1.69. The van der Waals surface area contributed by atoms with E-state index in [4.69, 9.17) is 5.73 Å². The molecular formula is C10H19NS. The summed E-state index contributed by atoms with van der Waals surface area (Å²) in [6, 6.07) is 0. The molecule has 0 unspecified atom stereocenters. The average molecular weight is 185 g/mol. The molecule has 0 spiro atoms. The van der Waals surface area contributed by atoms with E-state index in [1.807, 2.05) is 11.8 Å². The second-order valence-corrected chi connectivity index (χ2v) is 3.63. The summed E-state index contributed by atoms with van der Waals surface area (Å²) in [5, 5.41) is 0.